The van der Waals surface area contributed by atoms with Crippen molar-refractivity contribution >= 4 is 6.09 Å². The van der Waals surface area contributed by atoms with Crippen LogP contribution in [0, 0.1) is 0 Å². The molecule has 0 aliphatic carbocycles. The minimum atomic E-state index is -0.419. The summed E-state index contributed by atoms with van der Waals surface area (Å²) in [6, 6.07) is 5.25. The maximum Gasteiger partial charge on any atom is 0.407 e. The minimum Gasteiger partial charge on any atom is -0.496 e. The first-order valence-electron chi connectivity index (χ1n) is 4.90. The van der Waals surface area contributed by atoms with Crippen molar-refractivity contribution in [2.75, 3.05) is 20.8 Å². The van der Waals surface area contributed by atoms with E-state index in [1.54, 1.807) is 14.2 Å². The largest absolute Gasteiger partial charge is 0.496 e. The Morgan fingerprint density at radius 2 is 1.94 bits per heavy atom. The molecule has 86 valence electrons. The molecule has 0 radical (unpaired) electrons. The van der Waals surface area contributed by atoms with E-state index < -0.39 is 6.09 Å². The highest BCUT2D eigenvalue weighted by molar-refractivity contribution is 5.71. The number of hydrogen-bond acceptors (Lipinski definition) is 4. The van der Waals surface area contributed by atoms with E-state index in [4.69, 9.17) is 14.2 Å². The van der Waals surface area contributed by atoms with Crippen molar-refractivity contribution in [1.82, 2.24) is 5.32 Å². The molecular weight excluding hydrogens is 210 g/mol. The summed E-state index contributed by atoms with van der Waals surface area (Å²) in [7, 11) is 3.16. The third kappa shape index (κ3) is 1.76. The Morgan fingerprint density at radius 3 is 2.38 bits per heavy atom. The Hall–Kier alpha value is -1.91. The zero-order valence-electron chi connectivity index (χ0n) is 9.15. The van der Waals surface area contributed by atoms with Crippen molar-refractivity contribution in [3.63, 3.8) is 0 Å². The first-order chi connectivity index (χ1) is 7.76. The molecule has 1 aromatic rings. The average Bonchev–Trinajstić information content (AvgIpc) is 2.74. The van der Waals surface area contributed by atoms with E-state index in [2.05, 4.69) is 5.32 Å². The molecule has 5 nitrogen and oxygen atoms in total. The Morgan fingerprint density at radius 1 is 1.31 bits per heavy atom. The summed E-state index contributed by atoms with van der Waals surface area (Å²) >= 11 is 0. The number of benzene rings is 1. The van der Waals surface area contributed by atoms with Crippen molar-refractivity contribution in [3.05, 3.63) is 23.8 Å². The topological polar surface area (TPSA) is 56.8 Å². The second-order valence-electron chi connectivity index (χ2n) is 3.37. The lowest BCUT2D eigenvalue weighted by atomic mass is 10.1. The molecule has 1 atom stereocenters. The summed E-state index contributed by atoms with van der Waals surface area (Å²) in [6.45, 7) is 0.287. The van der Waals surface area contributed by atoms with Gasteiger partial charge >= 0.3 is 6.09 Å². The number of rotatable bonds is 3. The highest BCUT2D eigenvalue weighted by Gasteiger charge is 2.29. The second-order valence-corrected chi connectivity index (χ2v) is 3.37. The number of carbonyl (C=O) groups is 1. The lowest BCUT2D eigenvalue weighted by molar-refractivity contribution is 0.176. The maximum absolute atomic E-state index is 11.0. The van der Waals surface area contributed by atoms with Gasteiger partial charge in [-0.3, -0.25) is 0 Å². The van der Waals surface area contributed by atoms with E-state index in [9.17, 15) is 4.79 Å². The van der Waals surface area contributed by atoms with Crippen molar-refractivity contribution in [1.29, 1.82) is 0 Å². The van der Waals surface area contributed by atoms with Crippen molar-refractivity contribution < 1.29 is 19.0 Å². The van der Waals surface area contributed by atoms with Crippen LogP contribution >= 0.6 is 0 Å². The first kappa shape index (κ1) is 10.6. The van der Waals surface area contributed by atoms with Crippen LogP contribution in [-0.2, 0) is 4.74 Å². The SMILES string of the molecule is COc1cccc(OC)c1[C@@H]1COC(=O)N1. The van der Waals surface area contributed by atoms with E-state index in [0.717, 1.165) is 5.56 Å². The van der Waals surface area contributed by atoms with Gasteiger partial charge in [0.25, 0.3) is 0 Å². The fourth-order valence-corrected chi connectivity index (χ4v) is 1.76. The van der Waals surface area contributed by atoms with Gasteiger partial charge in [-0.2, -0.15) is 0 Å². The van der Waals surface area contributed by atoms with Gasteiger partial charge in [-0.1, -0.05) is 6.07 Å². The van der Waals surface area contributed by atoms with Crippen LogP contribution in [0.15, 0.2) is 18.2 Å². The predicted molar refractivity (Wildman–Crippen MR) is 56.8 cm³/mol. The molecule has 1 amide bonds. The fraction of sp³-hybridized carbons (Fsp3) is 0.364. The summed E-state index contributed by atoms with van der Waals surface area (Å²) < 4.78 is 15.4. The van der Waals surface area contributed by atoms with Crippen molar-refractivity contribution in [2.45, 2.75) is 6.04 Å². The van der Waals surface area contributed by atoms with Gasteiger partial charge in [0, 0.05) is 0 Å². The smallest absolute Gasteiger partial charge is 0.407 e. The quantitative estimate of drug-likeness (QED) is 0.843. The van der Waals surface area contributed by atoms with Crippen LogP contribution in [0.5, 0.6) is 11.5 Å². The highest BCUT2D eigenvalue weighted by Crippen LogP contribution is 2.35. The number of amides is 1. The number of methoxy groups -OCH3 is 2. The van der Waals surface area contributed by atoms with E-state index in [1.165, 1.54) is 0 Å². The van der Waals surface area contributed by atoms with Crippen LogP contribution in [0.25, 0.3) is 0 Å². The molecule has 1 fully saturated rings. The molecule has 0 saturated carbocycles. The van der Waals surface area contributed by atoms with Gasteiger partial charge < -0.3 is 19.5 Å². The van der Waals surface area contributed by atoms with E-state index >= 15 is 0 Å². The molecule has 1 heterocycles. The third-order valence-electron chi connectivity index (χ3n) is 2.49. The molecular formula is C11H13NO4. The van der Waals surface area contributed by atoms with Crippen LogP contribution < -0.4 is 14.8 Å². The van der Waals surface area contributed by atoms with E-state index in [-0.39, 0.29) is 12.6 Å². The Bertz CT molecular complexity index is 383. The van der Waals surface area contributed by atoms with Crippen molar-refractivity contribution in [3.8, 4) is 11.5 Å². The number of hydrogen-bond donors (Lipinski definition) is 1. The molecule has 16 heavy (non-hydrogen) atoms. The van der Waals surface area contributed by atoms with Gasteiger partial charge in [0.15, 0.2) is 0 Å². The van der Waals surface area contributed by atoms with Crippen molar-refractivity contribution in [2.24, 2.45) is 0 Å². The molecule has 5 heteroatoms. The Balaban J connectivity index is 2.40. The van der Waals surface area contributed by atoms with Crippen LogP contribution in [-0.4, -0.2) is 26.9 Å². The Kier molecular flexibility index (Phi) is 2.85. The molecule has 0 bridgehead atoms. The van der Waals surface area contributed by atoms with Gasteiger partial charge in [0.2, 0.25) is 0 Å². The molecule has 1 saturated heterocycles. The Labute approximate surface area is 93.3 Å². The summed E-state index contributed by atoms with van der Waals surface area (Å²) in [5.41, 5.74) is 0.804. The van der Waals surface area contributed by atoms with E-state index in [0.29, 0.717) is 11.5 Å². The number of cyclic esters (lactones) is 1. The van der Waals surface area contributed by atoms with Crippen LogP contribution in [0.4, 0.5) is 4.79 Å². The lowest BCUT2D eigenvalue weighted by Gasteiger charge is -2.16. The standard InChI is InChI=1S/C11H13NO4/c1-14-8-4-3-5-9(15-2)10(8)7-6-16-11(13)12-7/h3-5,7H,6H2,1-2H3,(H,12,13)/t7-/m0/s1. The van der Waals surface area contributed by atoms with Crippen LogP contribution in [0.2, 0.25) is 0 Å². The summed E-state index contributed by atoms with van der Waals surface area (Å²) in [5.74, 6) is 1.35. The maximum atomic E-state index is 11.0. The minimum absolute atomic E-state index is 0.224. The molecule has 2 rings (SSSR count). The van der Waals surface area contributed by atoms with Gasteiger partial charge in [-0.25, -0.2) is 4.79 Å². The van der Waals surface area contributed by atoms with Crippen LogP contribution in [0.3, 0.4) is 0 Å². The lowest BCUT2D eigenvalue weighted by Crippen LogP contribution is -2.19. The molecule has 1 N–H and O–H groups in total. The van der Waals surface area contributed by atoms with Crippen LogP contribution in [0.1, 0.15) is 11.6 Å². The average molecular weight is 223 g/mol. The second kappa shape index (κ2) is 4.30. The zero-order chi connectivity index (χ0) is 11.5. The predicted octanol–water partition coefficient (Wildman–Crippen LogP) is 1.48. The first-order valence-corrected chi connectivity index (χ1v) is 4.90. The molecule has 0 unspecified atom stereocenters. The number of alkyl carbamates (subject to hydrolysis) is 1. The molecule has 1 aliphatic heterocycles. The van der Waals surface area contributed by atoms with Gasteiger partial charge in [0.1, 0.15) is 18.1 Å². The third-order valence-corrected chi connectivity index (χ3v) is 2.49. The van der Waals surface area contributed by atoms with Gasteiger partial charge in [-0.05, 0) is 12.1 Å². The molecule has 0 aromatic heterocycles. The van der Waals surface area contributed by atoms with E-state index in [1.807, 2.05) is 18.2 Å². The highest BCUT2D eigenvalue weighted by atomic mass is 16.6. The van der Waals surface area contributed by atoms with Gasteiger partial charge in [-0.15, -0.1) is 0 Å². The number of nitrogens with one attached hydrogen (secondary N) is 1. The monoisotopic (exact) mass is 223 g/mol. The molecule has 1 aromatic carbocycles. The number of carbonyl (C=O) groups excluding carboxylic acids is 1. The molecule has 1 aliphatic rings. The fourth-order valence-electron chi connectivity index (χ4n) is 1.76. The zero-order valence-corrected chi connectivity index (χ0v) is 9.15. The normalized spacial score (nSPS) is 18.9. The summed E-state index contributed by atoms with van der Waals surface area (Å²) in [6.07, 6.45) is -0.419. The summed E-state index contributed by atoms with van der Waals surface area (Å²) in [5, 5.41) is 2.70. The summed E-state index contributed by atoms with van der Waals surface area (Å²) in [4.78, 5) is 11.0. The molecule has 0 spiro atoms. The van der Waals surface area contributed by atoms with Gasteiger partial charge in [0.05, 0.1) is 25.8 Å². The number of ether oxygens (including phenoxy) is 3.